The maximum absolute atomic E-state index is 5.47. The monoisotopic (exact) mass is 340 g/mol. The lowest BCUT2D eigenvalue weighted by Crippen LogP contribution is -2.31. The summed E-state index contributed by atoms with van der Waals surface area (Å²) in [7, 11) is 2.15. The van der Waals surface area contributed by atoms with Crippen molar-refractivity contribution in [3.05, 3.63) is 28.2 Å². The number of nitrogens with zero attached hydrogens (tertiary/aromatic N) is 1. The molecule has 1 N–H and O–H groups in total. The molecule has 2 rings (SSSR count). The molecule has 112 valence electrons. The summed E-state index contributed by atoms with van der Waals surface area (Å²) in [6, 6.07) is 7.13. The van der Waals surface area contributed by atoms with Gasteiger partial charge in [-0.1, -0.05) is 35.8 Å². The fraction of sp³-hybridized carbons (Fsp3) is 0.625. The first-order valence-electron chi connectivity index (χ1n) is 7.37. The average molecular weight is 341 g/mol. The van der Waals surface area contributed by atoms with Crippen molar-refractivity contribution in [2.24, 2.45) is 5.92 Å². The van der Waals surface area contributed by atoms with Gasteiger partial charge in [0.2, 0.25) is 0 Å². The normalized spacial score (nSPS) is 18.8. The number of anilines is 1. The molecular weight excluding hydrogens is 316 g/mol. The highest BCUT2D eigenvalue weighted by atomic mass is 79.9. The predicted octanol–water partition coefficient (Wildman–Crippen LogP) is 3.42. The van der Waals surface area contributed by atoms with Crippen molar-refractivity contribution in [1.29, 1.82) is 0 Å². The van der Waals surface area contributed by atoms with E-state index in [2.05, 4.69) is 65.2 Å². The van der Waals surface area contributed by atoms with E-state index in [-0.39, 0.29) is 0 Å². The average Bonchev–Trinajstić information content (AvgIpc) is 2.93. The summed E-state index contributed by atoms with van der Waals surface area (Å²) in [6.07, 6.45) is 1.12. The standard InChI is InChI=1S/C16H25BrN2O/c1-12(2)9-18-10-13-4-5-14(8-16(13)17)19(3)15-6-7-20-11-15/h4-5,8,12,15,18H,6-7,9-11H2,1-3H3. The number of likely N-dealkylation sites (N-methyl/N-ethyl adjacent to an activating group) is 1. The van der Waals surface area contributed by atoms with Crippen LogP contribution in [0.25, 0.3) is 0 Å². The molecule has 1 fully saturated rings. The quantitative estimate of drug-likeness (QED) is 0.858. The van der Waals surface area contributed by atoms with Crippen LogP contribution in [0.4, 0.5) is 5.69 Å². The molecule has 4 heteroatoms. The summed E-state index contributed by atoms with van der Waals surface area (Å²) in [4.78, 5) is 2.32. The number of hydrogen-bond donors (Lipinski definition) is 1. The van der Waals surface area contributed by atoms with Crippen LogP contribution in [0.1, 0.15) is 25.8 Å². The summed E-state index contributed by atoms with van der Waals surface area (Å²) in [5.41, 5.74) is 2.56. The fourth-order valence-electron chi connectivity index (χ4n) is 2.43. The highest BCUT2D eigenvalue weighted by Gasteiger charge is 2.20. The van der Waals surface area contributed by atoms with E-state index in [1.54, 1.807) is 0 Å². The van der Waals surface area contributed by atoms with Gasteiger partial charge in [-0.25, -0.2) is 0 Å². The largest absolute Gasteiger partial charge is 0.379 e. The highest BCUT2D eigenvalue weighted by molar-refractivity contribution is 9.10. The van der Waals surface area contributed by atoms with Gasteiger partial charge in [-0.3, -0.25) is 0 Å². The minimum atomic E-state index is 0.506. The first-order chi connectivity index (χ1) is 9.58. The molecule has 1 heterocycles. The number of nitrogens with one attached hydrogen (secondary N) is 1. The zero-order valence-electron chi connectivity index (χ0n) is 12.7. The molecule has 1 atom stereocenters. The number of ether oxygens (including phenoxy) is 1. The zero-order valence-corrected chi connectivity index (χ0v) is 14.2. The minimum absolute atomic E-state index is 0.506. The first-order valence-corrected chi connectivity index (χ1v) is 8.17. The van der Waals surface area contributed by atoms with E-state index in [0.29, 0.717) is 12.0 Å². The van der Waals surface area contributed by atoms with Crippen LogP contribution < -0.4 is 10.2 Å². The van der Waals surface area contributed by atoms with Gasteiger partial charge in [0.15, 0.2) is 0 Å². The summed E-state index contributed by atoms with van der Waals surface area (Å²) >= 11 is 3.69. The summed E-state index contributed by atoms with van der Waals surface area (Å²) in [5.74, 6) is 0.682. The number of benzene rings is 1. The lowest BCUT2D eigenvalue weighted by Gasteiger charge is -2.26. The van der Waals surface area contributed by atoms with Crippen LogP contribution in [0, 0.1) is 5.92 Å². The Morgan fingerprint density at radius 3 is 2.85 bits per heavy atom. The molecule has 0 bridgehead atoms. The van der Waals surface area contributed by atoms with Crippen molar-refractivity contribution in [2.75, 3.05) is 31.7 Å². The molecular formula is C16H25BrN2O. The van der Waals surface area contributed by atoms with Gasteiger partial charge in [0.05, 0.1) is 12.6 Å². The third kappa shape index (κ3) is 4.21. The Kier molecular flexibility index (Phi) is 5.87. The van der Waals surface area contributed by atoms with Gasteiger partial charge in [0.25, 0.3) is 0 Å². The zero-order chi connectivity index (χ0) is 14.5. The van der Waals surface area contributed by atoms with E-state index in [9.17, 15) is 0 Å². The Morgan fingerprint density at radius 1 is 1.45 bits per heavy atom. The molecule has 0 aliphatic carbocycles. The second-order valence-electron chi connectivity index (χ2n) is 5.93. The lowest BCUT2D eigenvalue weighted by atomic mass is 10.1. The smallest absolute Gasteiger partial charge is 0.0670 e. The van der Waals surface area contributed by atoms with Crippen LogP contribution >= 0.6 is 15.9 Å². The van der Waals surface area contributed by atoms with E-state index < -0.39 is 0 Å². The van der Waals surface area contributed by atoms with E-state index in [4.69, 9.17) is 4.74 Å². The molecule has 1 saturated heterocycles. The first kappa shape index (κ1) is 15.8. The molecule has 0 spiro atoms. The van der Waals surface area contributed by atoms with Gasteiger partial charge < -0.3 is 15.0 Å². The lowest BCUT2D eigenvalue weighted by molar-refractivity contribution is 0.193. The second-order valence-corrected chi connectivity index (χ2v) is 6.78. The van der Waals surface area contributed by atoms with Crippen molar-refractivity contribution in [3.63, 3.8) is 0 Å². The Balaban J connectivity index is 1.97. The highest BCUT2D eigenvalue weighted by Crippen LogP contribution is 2.26. The van der Waals surface area contributed by atoms with Crippen molar-refractivity contribution in [2.45, 2.75) is 32.9 Å². The summed E-state index contributed by atoms with van der Waals surface area (Å²) in [5, 5.41) is 3.48. The Morgan fingerprint density at radius 2 is 2.25 bits per heavy atom. The van der Waals surface area contributed by atoms with Crippen LogP contribution in [-0.2, 0) is 11.3 Å². The molecule has 0 saturated carbocycles. The maximum atomic E-state index is 5.47. The van der Waals surface area contributed by atoms with Crippen LogP contribution in [0.15, 0.2) is 22.7 Å². The van der Waals surface area contributed by atoms with Crippen LogP contribution in [-0.4, -0.2) is 32.8 Å². The van der Waals surface area contributed by atoms with Crippen molar-refractivity contribution in [1.82, 2.24) is 5.32 Å². The number of hydrogen-bond acceptors (Lipinski definition) is 3. The molecule has 1 aromatic carbocycles. The SMILES string of the molecule is CC(C)CNCc1ccc(N(C)C2CCOC2)cc1Br. The molecule has 20 heavy (non-hydrogen) atoms. The van der Waals surface area contributed by atoms with E-state index in [1.165, 1.54) is 15.7 Å². The molecule has 0 radical (unpaired) electrons. The number of rotatable bonds is 6. The van der Waals surface area contributed by atoms with Crippen molar-refractivity contribution >= 4 is 21.6 Å². The Labute approximate surface area is 130 Å². The second kappa shape index (κ2) is 7.43. The molecule has 0 aromatic heterocycles. The predicted molar refractivity (Wildman–Crippen MR) is 88.3 cm³/mol. The third-order valence-electron chi connectivity index (χ3n) is 3.77. The summed E-state index contributed by atoms with van der Waals surface area (Å²) in [6.45, 7) is 8.13. The maximum Gasteiger partial charge on any atom is 0.0670 e. The van der Waals surface area contributed by atoms with Gasteiger partial charge in [0.1, 0.15) is 0 Å². The minimum Gasteiger partial charge on any atom is -0.379 e. The number of halogens is 1. The van der Waals surface area contributed by atoms with Crippen LogP contribution in [0.3, 0.4) is 0 Å². The van der Waals surface area contributed by atoms with Gasteiger partial charge in [-0.05, 0) is 36.6 Å². The Hall–Kier alpha value is -0.580. The fourth-order valence-corrected chi connectivity index (χ4v) is 2.94. The van der Waals surface area contributed by atoms with E-state index in [1.807, 2.05) is 0 Å². The Bertz CT molecular complexity index is 430. The van der Waals surface area contributed by atoms with Crippen LogP contribution in [0.2, 0.25) is 0 Å². The topological polar surface area (TPSA) is 24.5 Å². The molecule has 3 nitrogen and oxygen atoms in total. The van der Waals surface area contributed by atoms with Crippen molar-refractivity contribution in [3.8, 4) is 0 Å². The molecule has 1 unspecified atom stereocenters. The van der Waals surface area contributed by atoms with Gasteiger partial charge >= 0.3 is 0 Å². The summed E-state index contributed by atoms with van der Waals surface area (Å²) < 4.78 is 6.64. The third-order valence-corrected chi connectivity index (χ3v) is 4.50. The van der Waals surface area contributed by atoms with E-state index in [0.717, 1.165) is 32.7 Å². The molecule has 1 aliphatic heterocycles. The van der Waals surface area contributed by atoms with Crippen molar-refractivity contribution < 1.29 is 4.74 Å². The molecule has 0 amide bonds. The van der Waals surface area contributed by atoms with Gasteiger partial charge in [-0.2, -0.15) is 0 Å². The van der Waals surface area contributed by atoms with Crippen LogP contribution in [0.5, 0.6) is 0 Å². The van der Waals surface area contributed by atoms with Gasteiger partial charge in [0, 0.05) is 30.4 Å². The van der Waals surface area contributed by atoms with Gasteiger partial charge in [-0.15, -0.1) is 0 Å². The van der Waals surface area contributed by atoms with E-state index >= 15 is 0 Å². The molecule has 1 aromatic rings. The molecule has 1 aliphatic rings.